The molecule has 0 aliphatic heterocycles. The topological polar surface area (TPSA) is 98.0 Å². The largest absolute Gasteiger partial charge is 0.484 e. The summed E-state index contributed by atoms with van der Waals surface area (Å²) in [6.45, 7) is 3.35. The first kappa shape index (κ1) is 20.5. The molecule has 4 N–H and O–H groups in total. The van der Waals surface area contributed by atoms with E-state index in [0.29, 0.717) is 24.4 Å². The number of nitrogens with one attached hydrogen (secondary N) is 2. The van der Waals surface area contributed by atoms with Gasteiger partial charge in [-0.3, -0.25) is 9.79 Å². The lowest BCUT2D eigenvalue weighted by molar-refractivity contribution is -0.125. The summed E-state index contributed by atoms with van der Waals surface area (Å²) in [4.78, 5) is 15.3. The van der Waals surface area contributed by atoms with E-state index in [-0.39, 0.29) is 12.0 Å². The lowest BCUT2D eigenvalue weighted by Gasteiger charge is -2.54. The van der Waals surface area contributed by atoms with Gasteiger partial charge in [0.05, 0.1) is 6.10 Å². The van der Waals surface area contributed by atoms with Gasteiger partial charge in [0.1, 0.15) is 5.75 Å². The van der Waals surface area contributed by atoms with Crippen LogP contribution >= 0.6 is 0 Å². The Morgan fingerprint density at radius 1 is 1.36 bits per heavy atom. The van der Waals surface area contributed by atoms with Crippen LogP contribution in [0.5, 0.6) is 5.75 Å². The van der Waals surface area contributed by atoms with Crippen LogP contribution < -0.4 is 21.1 Å². The molecule has 154 valence electrons. The highest BCUT2D eigenvalue weighted by Crippen LogP contribution is 2.54. The Morgan fingerprint density at radius 3 is 2.82 bits per heavy atom. The van der Waals surface area contributed by atoms with E-state index >= 15 is 0 Å². The van der Waals surface area contributed by atoms with E-state index in [1.165, 1.54) is 25.7 Å². The number of nitrogens with zero attached hydrogens (tertiary/aromatic N) is 1. The number of carbonyl (C=O) groups excluding carboxylic acids is 1. The van der Waals surface area contributed by atoms with Gasteiger partial charge >= 0.3 is 0 Å². The van der Waals surface area contributed by atoms with Gasteiger partial charge in [0.25, 0.3) is 5.91 Å². The first-order valence-corrected chi connectivity index (χ1v) is 10.2. The lowest BCUT2D eigenvalue weighted by Crippen LogP contribution is -2.65. The molecule has 2 unspecified atom stereocenters. The van der Waals surface area contributed by atoms with E-state index in [1.807, 2.05) is 24.3 Å². The SMILES string of the molecule is CCOC1CC(NC(=NC)NCc2cccc(OCC(N)=O)c2)C12CCCC2. The molecule has 2 saturated carbocycles. The Labute approximate surface area is 167 Å². The van der Waals surface area contributed by atoms with Crippen LogP contribution in [0.4, 0.5) is 0 Å². The van der Waals surface area contributed by atoms with E-state index < -0.39 is 5.91 Å². The molecule has 0 bridgehead atoms. The number of aliphatic imine (C=N–C) groups is 1. The van der Waals surface area contributed by atoms with Crippen LogP contribution in [-0.4, -0.2) is 44.3 Å². The number of amides is 1. The van der Waals surface area contributed by atoms with E-state index in [0.717, 1.165) is 24.6 Å². The number of rotatable bonds is 8. The number of carbonyl (C=O) groups is 1. The monoisotopic (exact) mass is 388 g/mol. The summed E-state index contributed by atoms with van der Waals surface area (Å²) in [6, 6.07) is 8.02. The molecule has 2 aliphatic rings. The average molecular weight is 389 g/mol. The van der Waals surface area contributed by atoms with Crippen molar-refractivity contribution in [3.05, 3.63) is 29.8 Å². The standard InChI is InChI=1S/C21H32N4O3/c1-3-27-18-12-17(21(18)9-4-5-10-21)25-20(23-2)24-13-15-7-6-8-16(11-15)28-14-19(22)26/h6-8,11,17-18H,3-5,9-10,12-14H2,1-2H3,(H2,22,26)(H2,23,24,25). The normalized spacial score (nSPS) is 23.3. The lowest BCUT2D eigenvalue weighted by atomic mass is 9.60. The van der Waals surface area contributed by atoms with Crippen molar-refractivity contribution >= 4 is 11.9 Å². The van der Waals surface area contributed by atoms with Crippen LogP contribution in [0.3, 0.4) is 0 Å². The fourth-order valence-corrected chi connectivity index (χ4v) is 4.53. The van der Waals surface area contributed by atoms with Gasteiger partial charge in [-0.05, 0) is 43.9 Å². The van der Waals surface area contributed by atoms with Crippen molar-refractivity contribution in [3.63, 3.8) is 0 Å². The molecule has 1 aromatic carbocycles. The highest BCUT2D eigenvalue weighted by atomic mass is 16.5. The fraction of sp³-hybridized carbons (Fsp3) is 0.619. The maximum atomic E-state index is 10.9. The van der Waals surface area contributed by atoms with Gasteiger partial charge in [-0.2, -0.15) is 0 Å². The molecule has 0 heterocycles. The van der Waals surface area contributed by atoms with Gasteiger partial charge < -0.3 is 25.8 Å². The van der Waals surface area contributed by atoms with Gasteiger partial charge in [0.2, 0.25) is 0 Å². The average Bonchev–Trinajstić information content (AvgIpc) is 3.21. The highest BCUT2D eigenvalue weighted by Gasteiger charge is 2.56. The van der Waals surface area contributed by atoms with Gasteiger partial charge in [0, 0.05) is 31.7 Å². The summed E-state index contributed by atoms with van der Waals surface area (Å²) in [5.74, 6) is 0.944. The first-order valence-electron chi connectivity index (χ1n) is 10.2. The smallest absolute Gasteiger partial charge is 0.255 e. The Balaban J connectivity index is 1.54. The molecule has 1 spiro atoms. The molecule has 3 rings (SSSR count). The second-order valence-corrected chi connectivity index (χ2v) is 7.65. The zero-order valence-electron chi connectivity index (χ0n) is 16.9. The highest BCUT2D eigenvalue weighted by molar-refractivity contribution is 5.80. The van der Waals surface area contributed by atoms with Gasteiger partial charge in [-0.1, -0.05) is 25.0 Å². The minimum Gasteiger partial charge on any atom is -0.484 e. The van der Waals surface area contributed by atoms with Crippen molar-refractivity contribution in [2.45, 2.75) is 57.7 Å². The summed E-state index contributed by atoms with van der Waals surface area (Å²) >= 11 is 0. The van der Waals surface area contributed by atoms with Crippen molar-refractivity contribution in [2.75, 3.05) is 20.3 Å². The third-order valence-corrected chi connectivity index (χ3v) is 5.96. The number of primary amides is 1. The molecular weight excluding hydrogens is 356 g/mol. The van der Waals surface area contributed by atoms with Crippen LogP contribution in [-0.2, 0) is 16.1 Å². The van der Waals surface area contributed by atoms with Gasteiger partial charge in [-0.15, -0.1) is 0 Å². The maximum Gasteiger partial charge on any atom is 0.255 e. The molecule has 1 aromatic rings. The second-order valence-electron chi connectivity index (χ2n) is 7.65. The fourth-order valence-electron chi connectivity index (χ4n) is 4.53. The number of ether oxygens (including phenoxy) is 2. The number of nitrogens with two attached hydrogens (primary N) is 1. The number of guanidine groups is 1. The second kappa shape index (κ2) is 9.28. The molecule has 28 heavy (non-hydrogen) atoms. The molecule has 1 amide bonds. The van der Waals surface area contributed by atoms with E-state index in [1.54, 1.807) is 7.05 Å². The third-order valence-electron chi connectivity index (χ3n) is 5.96. The van der Waals surface area contributed by atoms with Crippen LogP contribution in [0.2, 0.25) is 0 Å². The number of benzene rings is 1. The Hall–Kier alpha value is -2.28. The van der Waals surface area contributed by atoms with Crippen molar-refractivity contribution in [3.8, 4) is 5.75 Å². The molecule has 7 heteroatoms. The first-order chi connectivity index (χ1) is 13.6. The molecule has 2 atom stereocenters. The van der Waals surface area contributed by atoms with Crippen LogP contribution in [0.25, 0.3) is 0 Å². The summed E-state index contributed by atoms with van der Waals surface area (Å²) in [7, 11) is 1.79. The Kier molecular flexibility index (Phi) is 6.78. The van der Waals surface area contributed by atoms with Crippen molar-refractivity contribution < 1.29 is 14.3 Å². The molecule has 0 radical (unpaired) electrons. The van der Waals surface area contributed by atoms with Gasteiger partial charge in [-0.25, -0.2) is 0 Å². The van der Waals surface area contributed by atoms with E-state index in [2.05, 4.69) is 22.5 Å². The molecular formula is C21H32N4O3. The van der Waals surface area contributed by atoms with Crippen LogP contribution in [0.1, 0.15) is 44.6 Å². The Bertz CT molecular complexity index is 701. The van der Waals surface area contributed by atoms with Crippen molar-refractivity contribution in [1.29, 1.82) is 0 Å². The summed E-state index contributed by atoms with van der Waals surface area (Å²) in [5, 5.41) is 7.00. The molecule has 2 fully saturated rings. The minimum atomic E-state index is -0.486. The summed E-state index contributed by atoms with van der Waals surface area (Å²) in [6.07, 6.45) is 6.43. The molecule has 0 aromatic heterocycles. The molecule has 0 saturated heterocycles. The van der Waals surface area contributed by atoms with Crippen LogP contribution in [0.15, 0.2) is 29.3 Å². The van der Waals surface area contributed by atoms with Crippen molar-refractivity contribution in [1.82, 2.24) is 10.6 Å². The Morgan fingerprint density at radius 2 is 2.14 bits per heavy atom. The predicted molar refractivity (Wildman–Crippen MR) is 109 cm³/mol. The van der Waals surface area contributed by atoms with E-state index in [9.17, 15) is 4.79 Å². The molecule has 2 aliphatic carbocycles. The zero-order valence-corrected chi connectivity index (χ0v) is 16.9. The summed E-state index contributed by atoms with van der Waals surface area (Å²) < 4.78 is 11.4. The van der Waals surface area contributed by atoms with Crippen LogP contribution in [0, 0.1) is 5.41 Å². The van der Waals surface area contributed by atoms with E-state index in [4.69, 9.17) is 15.2 Å². The summed E-state index contributed by atoms with van der Waals surface area (Å²) in [5.41, 5.74) is 6.43. The third kappa shape index (κ3) is 4.58. The predicted octanol–water partition coefficient (Wildman–Crippen LogP) is 1.95. The maximum absolute atomic E-state index is 10.9. The number of hydrogen-bond donors (Lipinski definition) is 3. The van der Waals surface area contributed by atoms with Crippen molar-refractivity contribution in [2.24, 2.45) is 16.1 Å². The zero-order chi connectivity index (χ0) is 20.0. The molecule has 7 nitrogen and oxygen atoms in total. The number of hydrogen-bond acceptors (Lipinski definition) is 4. The quantitative estimate of drug-likeness (QED) is 0.467. The minimum absolute atomic E-state index is 0.120. The van der Waals surface area contributed by atoms with Gasteiger partial charge in [0.15, 0.2) is 12.6 Å².